The van der Waals surface area contributed by atoms with E-state index in [9.17, 15) is 0 Å². The van der Waals surface area contributed by atoms with E-state index in [4.69, 9.17) is 21.6 Å². The Hall–Kier alpha value is -3.12. The maximum Gasteiger partial charge on any atom is 0.229 e. The number of hydrogen-bond donors (Lipinski definition) is 1. The minimum atomic E-state index is 0.660. The zero-order valence-electron chi connectivity index (χ0n) is 16.5. The van der Waals surface area contributed by atoms with Gasteiger partial charge in [0.05, 0.1) is 17.3 Å². The van der Waals surface area contributed by atoms with Crippen LogP contribution < -0.4 is 10.2 Å². The highest BCUT2D eigenvalue weighted by atomic mass is 35.5. The van der Waals surface area contributed by atoms with E-state index in [1.807, 2.05) is 66.3 Å². The molecule has 4 aromatic rings. The van der Waals surface area contributed by atoms with Gasteiger partial charge in [-0.05, 0) is 36.8 Å². The van der Waals surface area contributed by atoms with Crippen molar-refractivity contribution in [3.63, 3.8) is 0 Å². The Morgan fingerprint density at radius 1 is 1.07 bits per heavy atom. The summed E-state index contributed by atoms with van der Waals surface area (Å²) in [5.74, 6) is 1.37. The lowest BCUT2D eigenvalue weighted by molar-refractivity contribution is 0.750. The van der Waals surface area contributed by atoms with Crippen LogP contribution in [0.1, 0.15) is 19.8 Å². The lowest BCUT2D eigenvalue weighted by atomic mass is 10.3. The van der Waals surface area contributed by atoms with Crippen molar-refractivity contribution >= 4 is 40.1 Å². The third-order valence-electron chi connectivity index (χ3n) is 4.69. The van der Waals surface area contributed by atoms with Gasteiger partial charge < -0.3 is 10.2 Å². The molecule has 0 aliphatic carbocycles. The Balaban J connectivity index is 1.83. The van der Waals surface area contributed by atoms with Crippen LogP contribution >= 0.6 is 11.6 Å². The van der Waals surface area contributed by atoms with Crippen LogP contribution in [0.25, 0.3) is 16.7 Å². The van der Waals surface area contributed by atoms with Crippen molar-refractivity contribution in [2.45, 2.75) is 19.8 Å². The standard InChI is InChI=1S/C22H23ClN6/c1-3-4-13-28(2)22-26-20(25-17-10-8-9-16(23)14-17)19-15-24-29(21(19)27-22)18-11-6-5-7-12-18/h5-12,14-15H,3-4,13H2,1-2H3,(H,25,26,27). The zero-order chi connectivity index (χ0) is 20.2. The Kier molecular flexibility index (Phi) is 5.62. The molecule has 0 unspecified atom stereocenters. The maximum atomic E-state index is 6.15. The first-order chi connectivity index (χ1) is 14.2. The Morgan fingerprint density at radius 3 is 2.66 bits per heavy atom. The third kappa shape index (κ3) is 4.17. The van der Waals surface area contributed by atoms with Crippen LogP contribution in [0.3, 0.4) is 0 Å². The van der Waals surface area contributed by atoms with Gasteiger partial charge in [-0.1, -0.05) is 49.2 Å². The molecule has 2 aromatic heterocycles. The number of benzene rings is 2. The summed E-state index contributed by atoms with van der Waals surface area (Å²) < 4.78 is 1.84. The summed E-state index contributed by atoms with van der Waals surface area (Å²) in [5, 5.41) is 9.48. The van der Waals surface area contributed by atoms with Crippen LogP contribution in [-0.4, -0.2) is 33.3 Å². The highest BCUT2D eigenvalue weighted by molar-refractivity contribution is 6.30. The van der Waals surface area contributed by atoms with Crippen molar-refractivity contribution in [1.29, 1.82) is 0 Å². The molecule has 29 heavy (non-hydrogen) atoms. The molecule has 0 atom stereocenters. The van der Waals surface area contributed by atoms with Crippen molar-refractivity contribution in [2.24, 2.45) is 0 Å². The number of halogens is 1. The molecular formula is C22H23ClN6. The Bertz CT molecular complexity index is 1110. The fourth-order valence-corrected chi connectivity index (χ4v) is 3.31. The molecule has 0 aliphatic rings. The molecule has 0 bridgehead atoms. The van der Waals surface area contributed by atoms with E-state index >= 15 is 0 Å². The molecular weight excluding hydrogens is 384 g/mol. The van der Waals surface area contributed by atoms with Gasteiger partial charge in [0.1, 0.15) is 5.82 Å². The Labute approximate surface area is 175 Å². The minimum absolute atomic E-state index is 0.660. The number of anilines is 3. The van der Waals surface area contributed by atoms with Gasteiger partial charge in [0, 0.05) is 24.3 Å². The van der Waals surface area contributed by atoms with Gasteiger partial charge in [-0.25, -0.2) is 4.68 Å². The average molecular weight is 407 g/mol. The highest BCUT2D eigenvalue weighted by Gasteiger charge is 2.16. The molecule has 0 radical (unpaired) electrons. The predicted octanol–water partition coefficient (Wildman–Crippen LogP) is 5.45. The summed E-state index contributed by atoms with van der Waals surface area (Å²) in [4.78, 5) is 11.7. The summed E-state index contributed by atoms with van der Waals surface area (Å²) in [6, 6.07) is 17.6. The summed E-state index contributed by atoms with van der Waals surface area (Å²) in [5.41, 5.74) is 2.58. The van der Waals surface area contributed by atoms with Crippen molar-refractivity contribution in [3.8, 4) is 5.69 Å². The van der Waals surface area contributed by atoms with Crippen molar-refractivity contribution < 1.29 is 0 Å². The van der Waals surface area contributed by atoms with Crippen LogP contribution in [0.4, 0.5) is 17.5 Å². The topological polar surface area (TPSA) is 58.9 Å². The molecule has 7 heteroatoms. The monoisotopic (exact) mass is 406 g/mol. The largest absolute Gasteiger partial charge is 0.344 e. The first-order valence-corrected chi connectivity index (χ1v) is 10.1. The molecule has 0 saturated carbocycles. The van der Waals surface area contributed by atoms with E-state index in [0.717, 1.165) is 41.8 Å². The normalized spacial score (nSPS) is 11.0. The molecule has 0 amide bonds. The number of nitrogens with zero attached hydrogens (tertiary/aromatic N) is 5. The van der Waals surface area contributed by atoms with Gasteiger partial charge >= 0.3 is 0 Å². The second-order valence-corrected chi connectivity index (χ2v) is 7.35. The van der Waals surface area contributed by atoms with E-state index in [2.05, 4.69) is 22.2 Å². The number of para-hydroxylation sites is 1. The molecule has 4 rings (SSSR count). The number of unbranched alkanes of at least 4 members (excludes halogenated alkanes) is 1. The predicted molar refractivity (Wildman–Crippen MR) is 120 cm³/mol. The fourth-order valence-electron chi connectivity index (χ4n) is 3.12. The molecule has 0 saturated heterocycles. The van der Waals surface area contributed by atoms with Crippen LogP contribution in [0, 0.1) is 0 Å². The van der Waals surface area contributed by atoms with Gasteiger partial charge in [-0.2, -0.15) is 15.1 Å². The van der Waals surface area contributed by atoms with E-state index in [-0.39, 0.29) is 0 Å². The first-order valence-electron chi connectivity index (χ1n) is 9.70. The number of aromatic nitrogens is 4. The van der Waals surface area contributed by atoms with Crippen LogP contribution in [-0.2, 0) is 0 Å². The van der Waals surface area contributed by atoms with Gasteiger partial charge in [0.2, 0.25) is 5.95 Å². The summed E-state index contributed by atoms with van der Waals surface area (Å²) >= 11 is 6.15. The van der Waals surface area contributed by atoms with Crippen LogP contribution in [0.5, 0.6) is 0 Å². The lowest BCUT2D eigenvalue weighted by Gasteiger charge is -2.18. The van der Waals surface area contributed by atoms with E-state index in [1.165, 1.54) is 0 Å². The quantitative estimate of drug-likeness (QED) is 0.442. The summed E-state index contributed by atoms with van der Waals surface area (Å²) in [7, 11) is 2.02. The van der Waals surface area contributed by atoms with Gasteiger partial charge in [-0.3, -0.25) is 0 Å². The molecule has 148 valence electrons. The molecule has 6 nitrogen and oxygen atoms in total. The van der Waals surface area contributed by atoms with E-state index in [0.29, 0.717) is 16.8 Å². The molecule has 1 N–H and O–H groups in total. The molecule has 2 aromatic carbocycles. The molecule has 0 fully saturated rings. The maximum absolute atomic E-state index is 6.15. The minimum Gasteiger partial charge on any atom is -0.344 e. The smallest absolute Gasteiger partial charge is 0.229 e. The van der Waals surface area contributed by atoms with E-state index < -0.39 is 0 Å². The zero-order valence-corrected chi connectivity index (χ0v) is 17.3. The van der Waals surface area contributed by atoms with Crippen molar-refractivity contribution in [2.75, 3.05) is 23.8 Å². The van der Waals surface area contributed by atoms with Crippen molar-refractivity contribution in [1.82, 2.24) is 19.7 Å². The van der Waals surface area contributed by atoms with Crippen molar-refractivity contribution in [3.05, 3.63) is 65.8 Å². The third-order valence-corrected chi connectivity index (χ3v) is 4.93. The second-order valence-electron chi connectivity index (χ2n) is 6.91. The molecule has 0 aliphatic heterocycles. The number of nitrogens with one attached hydrogen (secondary N) is 1. The van der Waals surface area contributed by atoms with Gasteiger partial charge in [-0.15, -0.1) is 0 Å². The average Bonchev–Trinajstić information content (AvgIpc) is 3.17. The molecule has 2 heterocycles. The van der Waals surface area contributed by atoms with Crippen LogP contribution in [0.2, 0.25) is 5.02 Å². The second kappa shape index (κ2) is 8.49. The number of hydrogen-bond acceptors (Lipinski definition) is 5. The first kappa shape index (κ1) is 19.2. The molecule has 0 spiro atoms. The fraction of sp³-hybridized carbons (Fsp3) is 0.227. The number of fused-ring (bicyclic) bond motifs is 1. The highest BCUT2D eigenvalue weighted by Crippen LogP contribution is 2.28. The summed E-state index contributed by atoms with van der Waals surface area (Å²) in [6.45, 7) is 3.06. The SMILES string of the molecule is CCCCN(C)c1nc(Nc2cccc(Cl)c2)c2cnn(-c3ccccc3)c2n1. The summed E-state index contributed by atoms with van der Waals surface area (Å²) in [6.07, 6.45) is 3.99. The van der Waals surface area contributed by atoms with Gasteiger partial charge in [0.15, 0.2) is 5.65 Å². The number of rotatable bonds is 7. The van der Waals surface area contributed by atoms with E-state index in [1.54, 1.807) is 6.20 Å². The Morgan fingerprint density at radius 2 is 1.90 bits per heavy atom. The lowest BCUT2D eigenvalue weighted by Crippen LogP contribution is -2.21. The van der Waals surface area contributed by atoms with Gasteiger partial charge in [0.25, 0.3) is 0 Å². The van der Waals surface area contributed by atoms with Crippen LogP contribution in [0.15, 0.2) is 60.8 Å².